The Hall–Kier alpha value is -1.67. The van der Waals surface area contributed by atoms with E-state index in [1.165, 1.54) is 6.42 Å². The molecule has 0 bridgehead atoms. The summed E-state index contributed by atoms with van der Waals surface area (Å²) in [6.07, 6.45) is 1.27. The van der Waals surface area contributed by atoms with E-state index in [1.54, 1.807) is 0 Å². The Morgan fingerprint density at radius 3 is 1.46 bits per heavy atom. The van der Waals surface area contributed by atoms with Gasteiger partial charge < -0.3 is 24.2 Å². The van der Waals surface area contributed by atoms with E-state index in [2.05, 4.69) is 28.5 Å². The zero-order chi connectivity index (χ0) is 17.9. The topological polar surface area (TPSA) is 66.9 Å². The summed E-state index contributed by atoms with van der Waals surface area (Å²) in [6, 6.07) is 0. The molecule has 8 heteroatoms. The van der Waals surface area contributed by atoms with Gasteiger partial charge in [-0.15, -0.1) is 0 Å². The highest BCUT2D eigenvalue weighted by Crippen LogP contribution is 2.27. The molecule has 1 aromatic heterocycles. The third kappa shape index (κ3) is 4.01. The van der Waals surface area contributed by atoms with Crippen LogP contribution in [0.3, 0.4) is 0 Å². The number of nitrogens with zero attached hydrogens (tertiary/aromatic N) is 6. The van der Waals surface area contributed by atoms with Crippen molar-refractivity contribution in [3.8, 4) is 0 Å². The average molecular weight is 362 g/mol. The maximum atomic E-state index is 5.49. The van der Waals surface area contributed by atoms with Gasteiger partial charge in [-0.25, -0.2) is 0 Å². The van der Waals surface area contributed by atoms with Crippen LogP contribution in [0.5, 0.6) is 0 Å². The molecule has 4 heterocycles. The molecule has 0 amide bonds. The van der Waals surface area contributed by atoms with E-state index >= 15 is 0 Å². The number of anilines is 3. The first-order valence-electron chi connectivity index (χ1n) is 9.85. The molecule has 3 saturated heterocycles. The maximum absolute atomic E-state index is 5.49. The monoisotopic (exact) mass is 362 g/mol. The van der Waals surface area contributed by atoms with Crippen LogP contribution in [0, 0.1) is 11.8 Å². The minimum absolute atomic E-state index is 0.661. The van der Waals surface area contributed by atoms with Crippen molar-refractivity contribution in [1.29, 1.82) is 0 Å². The Morgan fingerprint density at radius 1 is 0.654 bits per heavy atom. The second-order valence-corrected chi connectivity index (χ2v) is 7.79. The van der Waals surface area contributed by atoms with Crippen LogP contribution in [0.1, 0.15) is 20.3 Å². The molecule has 0 N–H and O–H groups in total. The fraction of sp³-hybridized carbons (Fsp3) is 0.833. The molecule has 26 heavy (non-hydrogen) atoms. The van der Waals surface area contributed by atoms with E-state index < -0.39 is 0 Å². The van der Waals surface area contributed by atoms with Crippen molar-refractivity contribution in [3.05, 3.63) is 0 Å². The molecule has 4 rings (SSSR count). The van der Waals surface area contributed by atoms with Gasteiger partial charge in [-0.2, -0.15) is 15.0 Å². The standard InChI is InChI=1S/C18H30N6O2/c1-14-11-15(2)13-24(12-14)18-20-16(22-3-7-25-8-4-22)19-17(21-18)23-5-9-26-10-6-23/h14-15H,3-13H2,1-2H3. The lowest BCUT2D eigenvalue weighted by Gasteiger charge is -2.36. The molecule has 0 aromatic carbocycles. The molecular weight excluding hydrogens is 332 g/mol. The highest BCUT2D eigenvalue weighted by atomic mass is 16.5. The molecule has 2 atom stereocenters. The predicted molar refractivity (Wildman–Crippen MR) is 101 cm³/mol. The summed E-state index contributed by atoms with van der Waals surface area (Å²) in [4.78, 5) is 21.3. The lowest BCUT2D eigenvalue weighted by molar-refractivity contribution is 0.121. The van der Waals surface area contributed by atoms with Crippen LogP contribution in [0.25, 0.3) is 0 Å². The third-order valence-electron chi connectivity index (χ3n) is 5.34. The zero-order valence-electron chi connectivity index (χ0n) is 15.9. The van der Waals surface area contributed by atoms with Gasteiger partial charge in [0.25, 0.3) is 0 Å². The number of hydrogen-bond acceptors (Lipinski definition) is 8. The summed E-state index contributed by atoms with van der Waals surface area (Å²) in [5, 5.41) is 0. The third-order valence-corrected chi connectivity index (χ3v) is 5.34. The summed E-state index contributed by atoms with van der Waals surface area (Å²) < 4.78 is 11.0. The fourth-order valence-corrected chi connectivity index (χ4v) is 4.12. The van der Waals surface area contributed by atoms with Gasteiger partial charge in [-0.3, -0.25) is 0 Å². The Labute approximate surface area is 155 Å². The zero-order valence-corrected chi connectivity index (χ0v) is 15.9. The molecule has 8 nitrogen and oxygen atoms in total. The fourth-order valence-electron chi connectivity index (χ4n) is 4.12. The number of rotatable bonds is 3. The lowest BCUT2D eigenvalue weighted by atomic mass is 9.92. The Bertz CT molecular complexity index is 557. The van der Waals surface area contributed by atoms with Gasteiger partial charge in [0.15, 0.2) is 0 Å². The summed E-state index contributed by atoms with van der Waals surface area (Å²) in [6.45, 7) is 12.9. The predicted octanol–water partition coefficient (Wildman–Crippen LogP) is 1.03. The van der Waals surface area contributed by atoms with Crippen molar-refractivity contribution in [2.45, 2.75) is 20.3 Å². The van der Waals surface area contributed by atoms with Gasteiger partial charge in [0, 0.05) is 39.3 Å². The molecule has 2 unspecified atom stereocenters. The molecule has 1 aromatic rings. The van der Waals surface area contributed by atoms with Gasteiger partial charge in [-0.1, -0.05) is 13.8 Å². The van der Waals surface area contributed by atoms with Crippen molar-refractivity contribution >= 4 is 17.8 Å². The van der Waals surface area contributed by atoms with Crippen molar-refractivity contribution in [2.24, 2.45) is 11.8 Å². The van der Waals surface area contributed by atoms with Gasteiger partial charge in [0.05, 0.1) is 26.4 Å². The molecule has 0 saturated carbocycles. The highest BCUT2D eigenvalue weighted by Gasteiger charge is 2.27. The van der Waals surface area contributed by atoms with Crippen LogP contribution >= 0.6 is 0 Å². The van der Waals surface area contributed by atoms with Gasteiger partial charge in [-0.05, 0) is 18.3 Å². The lowest BCUT2D eigenvalue weighted by Crippen LogP contribution is -2.42. The SMILES string of the molecule is CC1CC(C)CN(c2nc(N3CCOCC3)nc(N3CCOCC3)n2)C1. The Balaban J connectivity index is 1.64. The molecule has 3 fully saturated rings. The summed E-state index contributed by atoms with van der Waals surface area (Å²) in [7, 11) is 0. The van der Waals surface area contributed by atoms with Crippen molar-refractivity contribution in [1.82, 2.24) is 15.0 Å². The summed E-state index contributed by atoms with van der Waals surface area (Å²) in [5.74, 6) is 3.71. The van der Waals surface area contributed by atoms with Crippen molar-refractivity contribution in [3.63, 3.8) is 0 Å². The van der Waals surface area contributed by atoms with E-state index in [9.17, 15) is 0 Å². The van der Waals surface area contributed by atoms with Gasteiger partial charge >= 0.3 is 0 Å². The molecule has 0 aliphatic carbocycles. The minimum atomic E-state index is 0.661. The van der Waals surface area contributed by atoms with Crippen LogP contribution in [0.4, 0.5) is 17.8 Å². The smallest absolute Gasteiger partial charge is 0.232 e. The van der Waals surface area contributed by atoms with E-state index in [4.69, 9.17) is 24.4 Å². The second kappa shape index (κ2) is 7.92. The molecule has 3 aliphatic rings. The Morgan fingerprint density at radius 2 is 1.04 bits per heavy atom. The normalized spacial score (nSPS) is 27.7. The minimum Gasteiger partial charge on any atom is -0.378 e. The maximum Gasteiger partial charge on any atom is 0.232 e. The van der Waals surface area contributed by atoms with Gasteiger partial charge in [0.1, 0.15) is 0 Å². The number of piperidine rings is 1. The van der Waals surface area contributed by atoms with E-state index in [0.717, 1.165) is 83.5 Å². The summed E-state index contributed by atoms with van der Waals surface area (Å²) >= 11 is 0. The molecule has 3 aliphatic heterocycles. The van der Waals surface area contributed by atoms with E-state index in [1.807, 2.05) is 0 Å². The van der Waals surface area contributed by atoms with E-state index in [-0.39, 0.29) is 0 Å². The molecular formula is C18H30N6O2. The number of morpholine rings is 2. The van der Waals surface area contributed by atoms with Crippen LogP contribution in [-0.2, 0) is 9.47 Å². The molecule has 0 radical (unpaired) electrons. The second-order valence-electron chi connectivity index (χ2n) is 7.79. The van der Waals surface area contributed by atoms with Crippen molar-refractivity contribution in [2.75, 3.05) is 80.4 Å². The Kier molecular flexibility index (Phi) is 5.40. The molecule has 0 spiro atoms. The van der Waals surface area contributed by atoms with Crippen LogP contribution in [0.2, 0.25) is 0 Å². The number of hydrogen-bond donors (Lipinski definition) is 0. The first-order chi connectivity index (χ1) is 12.7. The first kappa shape index (κ1) is 17.7. The van der Waals surface area contributed by atoms with Crippen LogP contribution in [0.15, 0.2) is 0 Å². The first-order valence-corrected chi connectivity index (χ1v) is 9.85. The number of aromatic nitrogens is 3. The number of ether oxygens (including phenoxy) is 2. The van der Waals surface area contributed by atoms with Gasteiger partial charge in [0.2, 0.25) is 17.8 Å². The highest BCUT2D eigenvalue weighted by molar-refractivity contribution is 5.47. The quantitative estimate of drug-likeness (QED) is 0.790. The average Bonchev–Trinajstić information content (AvgIpc) is 2.68. The molecule has 144 valence electrons. The van der Waals surface area contributed by atoms with Crippen LogP contribution in [-0.4, -0.2) is 80.6 Å². The summed E-state index contributed by atoms with van der Waals surface area (Å²) in [5.41, 5.74) is 0. The van der Waals surface area contributed by atoms with E-state index in [0.29, 0.717) is 11.8 Å². The van der Waals surface area contributed by atoms with Crippen molar-refractivity contribution < 1.29 is 9.47 Å². The largest absolute Gasteiger partial charge is 0.378 e. The van der Waals surface area contributed by atoms with Crippen LogP contribution < -0.4 is 14.7 Å².